The summed E-state index contributed by atoms with van der Waals surface area (Å²) in [7, 11) is 1.77. The monoisotopic (exact) mass is 313 g/mol. The molecule has 0 aliphatic carbocycles. The van der Waals surface area contributed by atoms with Crippen molar-refractivity contribution < 1.29 is 4.79 Å². The predicted octanol–water partition coefficient (Wildman–Crippen LogP) is 2.27. The normalized spacial score (nSPS) is 12.3. The van der Waals surface area contributed by atoms with Crippen LogP contribution in [0.25, 0.3) is 5.78 Å². The van der Waals surface area contributed by atoms with E-state index in [2.05, 4.69) is 15.1 Å². The molecule has 22 heavy (non-hydrogen) atoms. The van der Waals surface area contributed by atoms with E-state index >= 15 is 0 Å². The topological polar surface area (TPSA) is 63.4 Å². The van der Waals surface area contributed by atoms with Crippen LogP contribution in [-0.2, 0) is 4.79 Å². The molecule has 0 spiro atoms. The standard InChI is InChI=1S/C15H15N5OS/c1-11(13(21)19(2)12-7-4-3-5-8-12)22-15-17-14-16-9-6-10-20(14)18-15/h3-11H,1-2H3. The summed E-state index contributed by atoms with van der Waals surface area (Å²) >= 11 is 1.33. The van der Waals surface area contributed by atoms with Crippen molar-refractivity contribution in [1.29, 1.82) is 0 Å². The zero-order valence-corrected chi connectivity index (χ0v) is 13.1. The van der Waals surface area contributed by atoms with Gasteiger partial charge in [0.15, 0.2) is 0 Å². The third kappa shape index (κ3) is 2.94. The third-order valence-corrected chi connectivity index (χ3v) is 4.14. The van der Waals surface area contributed by atoms with E-state index in [0.29, 0.717) is 10.9 Å². The molecule has 112 valence electrons. The molecule has 0 radical (unpaired) electrons. The van der Waals surface area contributed by atoms with Crippen molar-refractivity contribution in [2.45, 2.75) is 17.3 Å². The zero-order valence-electron chi connectivity index (χ0n) is 12.2. The maximum atomic E-state index is 12.5. The molecule has 0 aliphatic rings. The first kappa shape index (κ1) is 14.5. The lowest BCUT2D eigenvalue weighted by atomic mass is 10.3. The lowest BCUT2D eigenvalue weighted by Crippen LogP contribution is -2.33. The Bertz CT molecular complexity index is 756. The van der Waals surface area contributed by atoms with Crippen LogP contribution in [0.3, 0.4) is 0 Å². The van der Waals surface area contributed by atoms with Crippen LogP contribution >= 0.6 is 11.8 Å². The van der Waals surface area contributed by atoms with E-state index in [-0.39, 0.29) is 11.2 Å². The largest absolute Gasteiger partial charge is 0.315 e. The van der Waals surface area contributed by atoms with Gasteiger partial charge in [-0.15, -0.1) is 5.10 Å². The minimum absolute atomic E-state index is 0.00279. The van der Waals surface area contributed by atoms with Gasteiger partial charge in [-0.05, 0) is 25.1 Å². The second kappa shape index (κ2) is 6.15. The molecule has 0 aliphatic heterocycles. The number of fused-ring (bicyclic) bond motifs is 1. The molecule has 0 bridgehead atoms. The molecular weight excluding hydrogens is 298 g/mol. The number of benzene rings is 1. The fourth-order valence-electron chi connectivity index (χ4n) is 2.02. The van der Waals surface area contributed by atoms with Crippen molar-refractivity contribution in [3.05, 3.63) is 48.8 Å². The van der Waals surface area contributed by atoms with Crippen LogP contribution in [0.5, 0.6) is 0 Å². The first-order valence-corrected chi connectivity index (χ1v) is 7.70. The lowest BCUT2D eigenvalue weighted by Gasteiger charge is -2.20. The van der Waals surface area contributed by atoms with Gasteiger partial charge in [0.25, 0.3) is 5.78 Å². The van der Waals surface area contributed by atoms with Crippen molar-refractivity contribution in [2.24, 2.45) is 0 Å². The second-order valence-corrected chi connectivity index (χ2v) is 6.06. The van der Waals surface area contributed by atoms with Crippen molar-refractivity contribution in [3.8, 4) is 0 Å². The van der Waals surface area contributed by atoms with E-state index in [1.54, 1.807) is 34.9 Å². The molecule has 1 amide bonds. The summed E-state index contributed by atoms with van der Waals surface area (Å²) in [5, 5.41) is 4.56. The molecule has 0 saturated carbocycles. The quantitative estimate of drug-likeness (QED) is 0.691. The van der Waals surface area contributed by atoms with Gasteiger partial charge in [0.1, 0.15) is 0 Å². The minimum Gasteiger partial charge on any atom is -0.315 e. The second-order valence-electron chi connectivity index (χ2n) is 4.75. The number of carbonyl (C=O) groups excluding carboxylic acids is 1. The Morgan fingerprint density at radius 1 is 1.27 bits per heavy atom. The van der Waals surface area contributed by atoms with Gasteiger partial charge >= 0.3 is 0 Å². The zero-order chi connectivity index (χ0) is 15.5. The highest BCUT2D eigenvalue weighted by atomic mass is 32.2. The average Bonchev–Trinajstić information content (AvgIpc) is 2.96. The fraction of sp³-hybridized carbons (Fsp3) is 0.200. The molecule has 3 aromatic rings. The summed E-state index contributed by atoms with van der Waals surface area (Å²) in [6, 6.07) is 11.3. The number of aromatic nitrogens is 4. The molecule has 1 unspecified atom stereocenters. The van der Waals surface area contributed by atoms with Crippen LogP contribution in [0, 0.1) is 0 Å². The Morgan fingerprint density at radius 2 is 2.05 bits per heavy atom. The fourth-order valence-corrected chi connectivity index (χ4v) is 2.87. The van der Waals surface area contributed by atoms with Crippen molar-refractivity contribution >= 4 is 29.1 Å². The molecule has 0 fully saturated rings. The van der Waals surface area contributed by atoms with Gasteiger partial charge < -0.3 is 4.90 Å². The molecule has 2 aromatic heterocycles. The number of hydrogen-bond acceptors (Lipinski definition) is 5. The van der Waals surface area contributed by atoms with Crippen LogP contribution in [0.15, 0.2) is 53.9 Å². The predicted molar refractivity (Wildman–Crippen MR) is 86.0 cm³/mol. The molecule has 0 saturated heterocycles. The Labute approximate surface area is 132 Å². The van der Waals surface area contributed by atoms with Gasteiger partial charge in [0, 0.05) is 25.1 Å². The average molecular weight is 313 g/mol. The smallest absolute Gasteiger partial charge is 0.253 e. The summed E-state index contributed by atoms with van der Waals surface area (Å²) in [5.41, 5.74) is 0.865. The number of carbonyl (C=O) groups is 1. The molecule has 6 nitrogen and oxygen atoms in total. The van der Waals surface area contributed by atoms with E-state index in [0.717, 1.165) is 5.69 Å². The maximum absolute atomic E-state index is 12.5. The number of hydrogen-bond donors (Lipinski definition) is 0. The molecule has 1 aromatic carbocycles. The van der Waals surface area contributed by atoms with Gasteiger partial charge in [-0.3, -0.25) is 4.79 Å². The molecular formula is C15H15N5OS. The van der Waals surface area contributed by atoms with E-state index < -0.39 is 0 Å². The SMILES string of the molecule is CC(Sc1nc2ncccn2n1)C(=O)N(C)c1ccccc1. The highest BCUT2D eigenvalue weighted by Gasteiger charge is 2.21. The maximum Gasteiger partial charge on any atom is 0.253 e. The van der Waals surface area contributed by atoms with Gasteiger partial charge in [-0.2, -0.15) is 4.98 Å². The Morgan fingerprint density at radius 3 is 2.77 bits per heavy atom. The Balaban J connectivity index is 1.73. The molecule has 1 atom stereocenters. The van der Waals surface area contributed by atoms with Gasteiger partial charge in [-0.25, -0.2) is 9.50 Å². The van der Waals surface area contributed by atoms with Crippen molar-refractivity contribution in [3.63, 3.8) is 0 Å². The van der Waals surface area contributed by atoms with Crippen molar-refractivity contribution in [2.75, 3.05) is 11.9 Å². The lowest BCUT2D eigenvalue weighted by molar-refractivity contribution is -0.117. The van der Waals surface area contributed by atoms with Crippen LogP contribution < -0.4 is 4.90 Å². The number of para-hydroxylation sites is 1. The number of thioether (sulfide) groups is 1. The highest BCUT2D eigenvalue weighted by molar-refractivity contribution is 8.00. The van der Waals surface area contributed by atoms with Gasteiger partial charge in [0.05, 0.1) is 5.25 Å². The van der Waals surface area contributed by atoms with Crippen LogP contribution in [-0.4, -0.2) is 37.8 Å². The Kier molecular flexibility index (Phi) is 4.06. The summed E-state index contributed by atoms with van der Waals surface area (Å²) in [6.45, 7) is 1.85. The van der Waals surface area contributed by atoms with Gasteiger partial charge in [0.2, 0.25) is 11.1 Å². The van der Waals surface area contributed by atoms with E-state index in [1.165, 1.54) is 11.8 Å². The van der Waals surface area contributed by atoms with E-state index in [4.69, 9.17) is 0 Å². The third-order valence-electron chi connectivity index (χ3n) is 3.20. The van der Waals surface area contributed by atoms with Gasteiger partial charge in [-0.1, -0.05) is 30.0 Å². The minimum atomic E-state index is -0.289. The highest BCUT2D eigenvalue weighted by Crippen LogP contribution is 2.23. The molecule has 3 rings (SSSR count). The Hall–Kier alpha value is -2.41. The van der Waals surface area contributed by atoms with Crippen molar-refractivity contribution in [1.82, 2.24) is 19.6 Å². The van der Waals surface area contributed by atoms with E-state index in [9.17, 15) is 4.79 Å². The summed E-state index contributed by atoms with van der Waals surface area (Å²) < 4.78 is 1.60. The summed E-state index contributed by atoms with van der Waals surface area (Å²) in [6.07, 6.45) is 3.44. The molecule has 0 N–H and O–H groups in total. The number of amides is 1. The summed E-state index contributed by atoms with van der Waals surface area (Å²) in [4.78, 5) is 22.6. The number of nitrogens with zero attached hydrogens (tertiary/aromatic N) is 5. The molecule has 7 heteroatoms. The van der Waals surface area contributed by atoms with E-state index in [1.807, 2.05) is 37.3 Å². The first-order valence-electron chi connectivity index (χ1n) is 6.82. The van der Waals surface area contributed by atoms with Crippen LogP contribution in [0.1, 0.15) is 6.92 Å². The first-order chi connectivity index (χ1) is 10.6. The summed E-state index contributed by atoms with van der Waals surface area (Å²) in [5.74, 6) is 0.532. The molecule has 2 heterocycles. The number of anilines is 1. The van der Waals surface area contributed by atoms with Crippen LogP contribution in [0.4, 0.5) is 5.69 Å². The van der Waals surface area contributed by atoms with Crippen LogP contribution in [0.2, 0.25) is 0 Å². The number of rotatable bonds is 4.